The standard InChI is InChI=1S/C17H24ClNO4/c1-22-13-12-19(11-10-17(21)23-2)16(20)5-3-4-14-6-8-15(18)9-7-14/h6-9H,3-5,10-13H2,1-2H3. The van der Waals surface area contributed by atoms with Crippen LogP contribution in [0, 0.1) is 0 Å². The van der Waals surface area contributed by atoms with Crippen molar-refractivity contribution >= 4 is 23.5 Å². The van der Waals surface area contributed by atoms with Gasteiger partial charge in [-0.2, -0.15) is 0 Å². The summed E-state index contributed by atoms with van der Waals surface area (Å²) in [4.78, 5) is 25.2. The average molecular weight is 342 g/mol. The zero-order chi connectivity index (χ0) is 17.1. The van der Waals surface area contributed by atoms with Crippen molar-refractivity contribution in [2.75, 3.05) is 33.9 Å². The van der Waals surface area contributed by atoms with Gasteiger partial charge in [0.25, 0.3) is 0 Å². The van der Waals surface area contributed by atoms with Crippen LogP contribution in [0.25, 0.3) is 0 Å². The molecule has 1 amide bonds. The van der Waals surface area contributed by atoms with Crippen molar-refractivity contribution in [2.45, 2.75) is 25.7 Å². The Morgan fingerprint density at radius 2 is 1.78 bits per heavy atom. The third-order valence-electron chi connectivity index (χ3n) is 3.50. The van der Waals surface area contributed by atoms with Crippen LogP contribution in [0.15, 0.2) is 24.3 Å². The lowest BCUT2D eigenvalue weighted by Crippen LogP contribution is -2.35. The van der Waals surface area contributed by atoms with Crippen LogP contribution in [0.3, 0.4) is 0 Å². The topological polar surface area (TPSA) is 55.8 Å². The number of hydrogen-bond donors (Lipinski definition) is 0. The van der Waals surface area contributed by atoms with Crippen LogP contribution in [0.2, 0.25) is 5.02 Å². The summed E-state index contributed by atoms with van der Waals surface area (Å²) in [6, 6.07) is 7.62. The molecule has 0 bridgehead atoms. The van der Waals surface area contributed by atoms with Crippen molar-refractivity contribution in [1.29, 1.82) is 0 Å². The Hall–Kier alpha value is -1.59. The highest BCUT2D eigenvalue weighted by Crippen LogP contribution is 2.12. The van der Waals surface area contributed by atoms with Crippen molar-refractivity contribution in [2.24, 2.45) is 0 Å². The summed E-state index contributed by atoms with van der Waals surface area (Å²) in [5.74, 6) is -0.290. The highest BCUT2D eigenvalue weighted by molar-refractivity contribution is 6.30. The second kappa shape index (κ2) is 11.0. The van der Waals surface area contributed by atoms with Crippen LogP contribution in [0.5, 0.6) is 0 Å². The summed E-state index contributed by atoms with van der Waals surface area (Å²) in [6.45, 7) is 1.28. The van der Waals surface area contributed by atoms with Gasteiger partial charge in [-0.15, -0.1) is 0 Å². The quantitative estimate of drug-likeness (QED) is 0.614. The smallest absolute Gasteiger partial charge is 0.307 e. The van der Waals surface area contributed by atoms with Crippen molar-refractivity contribution in [1.82, 2.24) is 4.90 Å². The number of hydrogen-bond acceptors (Lipinski definition) is 4. The SMILES string of the molecule is COCCN(CCC(=O)OC)C(=O)CCCc1ccc(Cl)cc1. The minimum atomic E-state index is -0.318. The normalized spacial score (nSPS) is 10.4. The maximum Gasteiger partial charge on any atom is 0.307 e. The fraction of sp³-hybridized carbons (Fsp3) is 0.529. The Morgan fingerprint density at radius 1 is 1.09 bits per heavy atom. The molecule has 1 aromatic rings. The summed E-state index contributed by atoms with van der Waals surface area (Å²) in [5, 5.41) is 0.707. The van der Waals surface area contributed by atoms with Gasteiger partial charge in [-0.1, -0.05) is 23.7 Å². The molecule has 0 saturated heterocycles. The van der Waals surface area contributed by atoms with E-state index in [1.54, 1.807) is 12.0 Å². The van der Waals surface area contributed by atoms with E-state index in [2.05, 4.69) is 4.74 Å². The second-order valence-electron chi connectivity index (χ2n) is 5.18. The molecule has 0 fully saturated rings. The number of amides is 1. The molecule has 0 aliphatic carbocycles. The largest absolute Gasteiger partial charge is 0.469 e. The van der Waals surface area contributed by atoms with Crippen molar-refractivity contribution in [3.8, 4) is 0 Å². The van der Waals surface area contributed by atoms with E-state index >= 15 is 0 Å². The van der Waals surface area contributed by atoms with Gasteiger partial charge in [0, 0.05) is 31.6 Å². The van der Waals surface area contributed by atoms with Crippen LogP contribution >= 0.6 is 11.6 Å². The number of carbonyl (C=O) groups is 2. The van der Waals surface area contributed by atoms with Gasteiger partial charge >= 0.3 is 5.97 Å². The predicted octanol–water partition coefficient (Wildman–Crippen LogP) is 2.70. The van der Waals surface area contributed by atoms with Gasteiger partial charge < -0.3 is 14.4 Å². The van der Waals surface area contributed by atoms with Gasteiger partial charge in [0.15, 0.2) is 0 Å². The van der Waals surface area contributed by atoms with Gasteiger partial charge in [-0.3, -0.25) is 9.59 Å². The number of aryl methyl sites for hydroxylation is 1. The summed E-state index contributed by atoms with van der Waals surface area (Å²) < 4.78 is 9.63. The lowest BCUT2D eigenvalue weighted by Gasteiger charge is -2.22. The number of rotatable bonds is 10. The van der Waals surface area contributed by atoms with Crippen LogP contribution < -0.4 is 0 Å². The fourth-order valence-electron chi connectivity index (χ4n) is 2.14. The predicted molar refractivity (Wildman–Crippen MR) is 89.5 cm³/mol. The monoisotopic (exact) mass is 341 g/mol. The molecule has 0 aliphatic heterocycles. The number of ether oxygens (including phenoxy) is 2. The molecule has 23 heavy (non-hydrogen) atoms. The Labute approximate surface area is 142 Å². The summed E-state index contributed by atoms with van der Waals surface area (Å²) in [6.07, 6.45) is 2.21. The second-order valence-corrected chi connectivity index (χ2v) is 5.62. The van der Waals surface area contributed by atoms with Gasteiger partial charge in [0.05, 0.1) is 20.1 Å². The number of carbonyl (C=O) groups excluding carboxylic acids is 2. The minimum absolute atomic E-state index is 0.0277. The molecule has 5 nitrogen and oxygen atoms in total. The molecule has 0 saturated carbocycles. The fourth-order valence-corrected chi connectivity index (χ4v) is 2.27. The molecule has 0 unspecified atom stereocenters. The maximum atomic E-state index is 12.3. The van der Waals surface area contributed by atoms with Crippen molar-refractivity contribution < 1.29 is 19.1 Å². The minimum Gasteiger partial charge on any atom is -0.469 e. The van der Waals surface area contributed by atoms with E-state index in [4.69, 9.17) is 16.3 Å². The molecule has 1 aromatic carbocycles. The molecule has 0 aliphatic rings. The number of methoxy groups -OCH3 is 2. The molecular weight excluding hydrogens is 318 g/mol. The molecule has 1 rings (SSSR count). The first-order valence-electron chi connectivity index (χ1n) is 7.64. The van der Waals surface area contributed by atoms with E-state index < -0.39 is 0 Å². The molecule has 0 N–H and O–H groups in total. The molecule has 0 radical (unpaired) electrons. The Morgan fingerprint density at radius 3 is 2.39 bits per heavy atom. The van der Waals surface area contributed by atoms with E-state index in [1.807, 2.05) is 24.3 Å². The van der Waals surface area contributed by atoms with Crippen molar-refractivity contribution in [3.05, 3.63) is 34.9 Å². The van der Waals surface area contributed by atoms with E-state index in [0.717, 1.165) is 18.4 Å². The van der Waals surface area contributed by atoms with E-state index in [0.29, 0.717) is 31.1 Å². The van der Waals surface area contributed by atoms with Gasteiger partial charge in [-0.25, -0.2) is 0 Å². The van der Waals surface area contributed by atoms with E-state index in [-0.39, 0.29) is 18.3 Å². The van der Waals surface area contributed by atoms with Crippen LogP contribution in [-0.4, -0.2) is 50.7 Å². The Balaban J connectivity index is 2.41. The Kier molecular flexibility index (Phi) is 9.33. The maximum absolute atomic E-state index is 12.3. The first kappa shape index (κ1) is 19.5. The number of halogens is 1. The zero-order valence-electron chi connectivity index (χ0n) is 13.7. The molecular formula is C17H24ClNO4. The molecule has 0 spiro atoms. The third kappa shape index (κ3) is 8.00. The van der Waals surface area contributed by atoms with Gasteiger partial charge in [0.2, 0.25) is 5.91 Å². The molecule has 0 aromatic heterocycles. The lowest BCUT2D eigenvalue weighted by molar-refractivity contribution is -0.142. The molecule has 128 valence electrons. The Bertz CT molecular complexity index is 490. The molecule has 0 atom stereocenters. The van der Waals surface area contributed by atoms with Crippen LogP contribution in [-0.2, 0) is 25.5 Å². The first-order chi connectivity index (χ1) is 11.1. The zero-order valence-corrected chi connectivity index (χ0v) is 14.5. The van der Waals surface area contributed by atoms with Crippen LogP contribution in [0.1, 0.15) is 24.8 Å². The number of benzene rings is 1. The molecule has 6 heteroatoms. The van der Waals surface area contributed by atoms with E-state index in [1.165, 1.54) is 7.11 Å². The van der Waals surface area contributed by atoms with Crippen molar-refractivity contribution in [3.63, 3.8) is 0 Å². The summed E-state index contributed by atoms with van der Waals surface area (Å²) in [5.41, 5.74) is 1.15. The van der Waals surface area contributed by atoms with Gasteiger partial charge in [-0.05, 0) is 30.5 Å². The van der Waals surface area contributed by atoms with Gasteiger partial charge in [0.1, 0.15) is 0 Å². The average Bonchev–Trinajstić information content (AvgIpc) is 2.56. The lowest BCUT2D eigenvalue weighted by atomic mass is 10.1. The number of nitrogens with zero attached hydrogens (tertiary/aromatic N) is 1. The van der Waals surface area contributed by atoms with Crippen LogP contribution in [0.4, 0.5) is 0 Å². The first-order valence-corrected chi connectivity index (χ1v) is 8.02. The van der Waals surface area contributed by atoms with E-state index in [9.17, 15) is 9.59 Å². The highest BCUT2D eigenvalue weighted by atomic mass is 35.5. The highest BCUT2D eigenvalue weighted by Gasteiger charge is 2.14. The number of esters is 1. The third-order valence-corrected chi connectivity index (χ3v) is 3.75. The molecule has 0 heterocycles. The summed E-state index contributed by atoms with van der Waals surface area (Å²) in [7, 11) is 2.93. The summed E-state index contributed by atoms with van der Waals surface area (Å²) >= 11 is 5.85.